The van der Waals surface area contributed by atoms with E-state index in [2.05, 4.69) is 15.7 Å². The van der Waals surface area contributed by atoms with E-state index in [9.17, 15) is 31.9 Å². The molecule has 4 rings (SSSR count). The van der Waals surface area contributed by atoms with Crippen molar-refractivity contribution in [1.29, 1.82) is 0 Å². The number of benzene rings is 1. The van der Waals surface area contributed by atoms with Crippen molar-refractivity contribution < 1.29 is 31.9 Å². The standard InChI is InChI=1S/C21H26F4N6O3.C7H12/c1-11(2)31-17(4-5-29-31)20(34)27-9-18(32)30-16-6-13(8-26)14(7-15(16)22)12(3)19(33)28-10-21(23,24)25;1-2-6(1)5-7-3-4-7/h4-7,11-12H,8-10,26H2,1-3H3,(H,27,34)(H,28,33)(H,30,32);6-7H,1-5H2. The fourth-order valence-electron chi connectivity index (χ4n) is 4.32. The number of alkyl halides is 3. The number of carbonyl (C=O) groups is 3. The molecule has 2 aromatic rings. The van der Waals surface area contributed by atoms with E-state index in [0.29, 0.717) is 0 Å². The Kier molecular flexibility index (Phi) is 10.9. The van der Waals surface area contributed by atoms with Crippen molar-refractivity contribution in [1.82, 2.24) is 20.4 Å². The van der Waals surface area contributed by atoms with Crippen molar-refractivity contribution in [2.24, 2.45) is 17.6 Å². The van der Waals surface area contributed by atoms with Crippen LogP contribution in [-0.2, 0) is 16.1 Å². The van der Waals surface area contributed by atoms with Crippen LogP contribution in [0.5, 0.6) is 0 Å². The lowest BCUT2D eigenvalue weighted by Gasteiger charge is -2.18. The summed E-state index contributed by atoms with van der Waals surface area (Å²) in [6.07, 6.45) is 4.65. The normalized spacial score (nSPS) is 15.5. The number of nitrogens with one attached hydrogen (secondary N) is 3. The Bertz CT molecular complexity index is 1210. The van der Waals surface area contributed by atoms with Crippen LogP contribution in [0.15, 0.2) is 24.4 Å². The highest BCUT2D eigenvalue weighted by Gasteiger charge is 2.31. The molecule has 0 aliphatic heterocycles. The molecular weight excluding hydrogens is 544 g/mol. The first-order valence-corrected chi connectivity index (χ1v) is 13.8. The number of anilines is 1. The largest absolute Gasteiger partial charge is 0.405 e. The van der Waals surface area contributed by atoms with Crippen molar-refractivity contribution >= 4 is 23.4 Å². The highest BCUT2D eigenvalue weighted by molar-refractivity contribution is 5.98. The van der Waals surface area contributed by atoms with Crippen LogP contribution in [0.2, 0.25) is 0 Å². The molecule has 0 spiro atoms. The van der Waals surface area contributed by atoms with Gasteiger partial charge in [0.05, 0.1) is 18.2 Å². The summed E-state index contributed by atoms with van der Waals surface area (Å²) >= 11 is 0. The van der Waals surface area contributed by atoms with Gasteiger partial charge in [0.15, 0.2) is 0 Å². The van der Waals surface area contributed by atoms with Gasteiger partial charge in [-0.3, -0.25) is 19.1 Å². The molecule has 0 radical (unpaired) electrons. The predicted molar refractivity (Wildman–Crippen MR) is 145 cm³/mol. The SMILES string of the molecule is C1CC1CC1CC1.CC(C(=O)NCC(F)(F)F)c1cc(F)c(NC(=O)CNC(=O)c2ccnn2C(C)C)cc1CN. The second-order valence-electron chi connectivity index (χ2n) is 10.9. The van der Waals surface area contributed by atoms with Gasteiger partial charge in [0.2, 0.25) is 11.8 Å². The number of nitrogens with zero attached hydrogens (tertiary/aromatic N) is 2. The molecule has 0 bridgehead atoms. The highest BCUT2D eigenvalue weighted by Crippen LogP contribution is 2.43. The molecule has 1 heterocycles. The monoisotopic (exact) mass is 582 g/mol. The Balaban J connectivity index is 0.000000563. The van der Waals surface area contributed by atoms with Gasteiger partial charge in [0.25, 0.3) is 5.91 Å². The maximum absolute atomic E-state index is 14.6. The molecule has 2 aliphatic rings. The summed E-state index contributed by atoms with van der Waals surface area (Å²) in [5.74, 6) is -1.88. The van der Waals surface area contributed by atoms with E-state index >= 15 is 0 Å². The Labute approximate surface area is 236 Å². The Morgan fingerprint density at radius 1 is 1.07 bits per heavy atom. The van der Waals surface area contributed by atoms with Crippen LogP contribution in [0.1, 0.15) is 86.5 Å². The molecule has 13 heteroatoms. The van der Waals surface area contributed by atoms with Crippen LogP contribution in [0.4, 0.5) is 23.2 Å². The summed E-state index contributed by atoms with van der Waals surface area (Å²) in [5.41, 5.74) is 6.01. The van der Waals surface area contributed by atoms with Gasteiger partial charge in [-0.25, -0.2) is 4.39 Å². The number of hydrogen-bond donors (Lipinski definition) is 4. The third kappa shape index (κ3) is 10.1. The van der Waals surface area contributed by atoms with Gasteiger partial charge in [0.1, 0.15) is 18.1 Å². The number of nitrogens with two attached hydrogens (primary N) is 1. The van der Waals surface area contributed by atoms with Gasteiger partial charge in [-0.2, -0.15) is 18.3 Å². The molecule has 1 aromatic carbocycles. The van der Waals surface area contributed by atoms with Gasteiger partial charge in [0, 0.05) is 18.8 Å². The van der Waals surface area contributed by atoms with Crippen LogP contribution in [0.3, 0.4) is 0 Å². The molecular formula is C28H38F4N6O3. The first kappa shape index (κ1) is 32.0. The first-order chi connectivity index (χ1) is 19.3. The van der Waals surface area contributed by atoms with Crippen molar-refractivity contribution in [2.75, 3.05) is 18.4 Å². The fraction of sp³-hybridized carbons (Fsp3) is 0.571. The number of aromatic nitrogens is 2. The number of halogens is 4. The van der Waals surface area contributed by atoms with Gasteiger partial charge in [-0.05, 0) is 68.4 Å². The molecule has 2 fully saturated rings. The van der Waals surface area contributed by atoms with Crippen LogP contribution < -0.4 is 21.7 Å². The van der Waals surface area contributed by atoms with Crippen molar-refractivity contribution in [3.05, 3.63) is 47.0 Å². The summed E-state index contributed by atoms with van der Waals surface area (Å²) in [5, 5.41) is 10.5. The number of rotatable bonds is 11. The van der Waals surface area contributed by atoms with E-state index in [0.717, 1.165) is 6.07 Å². The van der Waals surface area contributed by atoms with Gasteiger partial charge in [-0.15, -0.1) is 0 Å². The molecule has 9 nitrogen and oxygen atoms in total. The minimum atomic E-state index is -4.59. The van der Waals surface area contributed by atoms with E-state index in [-0.39, 0.29) is 35.1 Å². The average molecular weight is 583 g/mol. The number of carbonyl (C=O) groups excluding carboxylic acids is 3. The lowest BCUT2D eigenvalue weighted by molar-refractivity contribution is -0.139. The molecule has 2 aliphatic carbocycles. The third-order valence-electron chi connectivity index (χ3n) is 6.91. The van der Waals surface area contributed by atoms with E-state index in [1.54, 1.807) is 37.4 Å². The molecule has 5 N–H and O–H groups in total. The molecule has 1 unspecified atom stereocenters. The van der Waals surface area contributed by atoms with Crippen LogP contribution in [0.25, 0.3) is 0 Å². The van der Waals surface area contributed by atoms with Crippen LogP contribution in [-0.4, -0.2) is 46.8 Å². The minimum absolute atomic E-state index is 0.0789. The molecule has 2 saturated carbocycles. The zero-order valence-electron chi connectivity index (χ0n) is 23.5. The Morgan fingerprint density at radius 2 is 1.71 bits per heavy atom. The maximum atomic E-state index is 14.6. The molecule has 226 valence electrons. The second-order valence-corrected chi connectivity index (χ2v) is 10.9. The minimum Gasteiger partial charge on any atom is -0.346 e. The molecule has 0 saturated heterocycles. The average Bonchev–Trinajstić information content (AvgIpc) is 3.86. The Morgan fingerprint density at radius 3 is 2.24 bits per heavy atom. The topological polar surface area (TPSA) is 131 Å². The van der Waals surface area contributed by atoms with Crippen molar-refractivity contribution in [3.63, 3.8) is 0 Å². The van der Waals surface area contributed by atoms with Crippen molar-refractivity contribution in [2.45, 2.75) is 77.6 Å². The lowest BCUT2D eigenvalue weighted by atomic mass is 9.94. The second kappa shape index (κ2) is 13.9. The number of hydrogen-bond acceptors (Lipinski definition) is 5. The van der Waals surface area contributed by atoms with Gasteiger partial charge < -0.3 is 21.7 Å². The quantitative estimate of drug-likeness (QED) is 0.292. The fourth-order valence-corrected chi connectivity index (χ4v) is 4.32. The maximum Gasteiger partial charge on any atom is 0.405 e. The molecule has 1 atom stereocenters. The zero-order valence-corrected chi connectivity index (χ0v) is 23.5. The highest BCUT2D eigenvalue weighted by atomic mass is 19.4. The van der Waals surface area contributed by atoms with E-state index < -0.39 is 48.7 Å². The number of amides is 3. The predicted octanol–water partition coefficient (Wildman–Crippen LogP) is 4.41. The smallest absolute Gasteiger partial charge is 0.346 e. The summed E-state index contributed by atoms with van der Waals surface area (Å²) < 4.78 is 53.1. The van der Waals surface area contributed by atoms with Gasteiger partial charge >= 0.3 is 6.18 Å². The lowest BCUT2D eigenvalue weighted by Crippen LogP contribution is -2.36. The van der Waals surface area contributed by atoms with Crippen LogP contribution in [0, 0.1) is 17.7 Å². The summed E-state index contributed by atoms with van der Waals surface area (Å²) in [7, 11) is 0. The summed E-state index contributed by atoms with van der Waals surface area (Å²) in [4.78, 5) is 36.6. The van der Waals surface area contributed by atoms with Crippen molar-refractivity contribution in [3.8, 4) is 0 Å². The summed E-state index contributed by atoms with van der Waals surface area (Å²) in [6.45, 7) is 2.84. The first-order valence-electron chi connectivity index (χ1n) is 13.8. The Hall–Kier alpha value is -3.48. The van der Waals surface area contributed by atoms with E-state index in [1.807, 2.05) is 13.8 Å². The third-order valence-corrected chi connectivity index (χ3v) is 6.91. The molecule has 41 heavy (non-hydrogen) atoms. The van der Waals surface area contributed by atoms with Gasteiger partial charge in [-0.1, -0.05) is 25.7 Å². The zero-order chi connectivity index (χ0) is 30.3. The summed E-state index contributed by atoms with van der Waals surface area (Å²) in [6, 6.07) is 3.55. The van der Waals surface area contributed by atoms with Crippen LogP contribution >= 0.6 is 0 Å². The van der Waals surface area contributed by atoms with E-state index in [1.165, 1.54) is 41.8 Å². The molecule has 1 aromatic heterocycles. The molecule has 3 amide bonds. The van der Waals surface area contributed by atoms with E-state index in [4.69, 9.17) is 5.73 Å².